The molecule has 1 N–H and O–H groups in total. The zero-order chi connectivity index (χ0) is 20.3. The Morgan fingerprint density at radius 3 is 2.52 bits per heavy atom. The molecule has 0 bridgehead atoms. The molecular formula is C15H14F4N4O4. The summed E-state index contributed by atoms with van der Waals surface area (Å²) in [7, 11) is 0. The van der Waals surface area contributed by atoms with Crippen molar-refractivity contribution in [2.24, 2.45) is 0 Å². The Bertz CT molecular complexity index is 870. The number of aryl methyl sites for hydroxylation is 1. The highest BCUT2D eigenvalue weighted by molar-refractivity contribution is 5.92. The number of rotatable bonds is 7. The summed E-state index contributed by atoms with van der Waals surface area (Å²) in [6, 6.07) is 4.14. The summed E-state index contributed by atoms with van der Waals surface area (Å²) in [6.07, 6.45) is -3.20. The van der Waals surface area contributed by atoms with E-state index < -0.39 is 41.8 Å². The Morgan fingerprint density at radius 2 is 2.00 bits per heavy atom. The van der Waals surface area contributed by atoms with Crippen molar-refractivity contribution >= 4 is 17.3 Å². The fourth-order valence-corrected chi connectivity index (χ4v) is 2.34. The number of benzene rings is 1. The van der Waals surface area contributed by atoms with Crippen LogP contribution in [0.4, 0.5) is 28.9 Å². The maximum absolute atomic E-state index is 12.9. The zero-order valence-corrected chi connectivity index (χ0v) is 14.1. The summed E-state index contributed by atoms with van der Waals surface area (Å²) < 4.78 is 55.9. The SMILES string of the molecule is Cc1ccc(NC(=O)Cn2nc(C(F)F)c([N+](=O)[O-])c2C)c(OC(F)F)c1. The van der Waals surface area contributed by atoms with Gasteiger partial charge in [-0.3, -0.25) is 19.6 Å². The van der Waals surface area contributed by atoms with Crippen molar-refractivity contribution < 1.29 is 32.0 Å². The van der Waals surface area contributed by atoms with Crippen LogP contribution in [0.25, 0.3) is 0 Å². The van der Waals surface area contributed by atoms with Gasteiger partial charge in [-0.25, -0.2) is 8.78 Å². The summed E-state index contributed by atoms with van der Waals surface area (Å²) >= 11 is 0. The van der Waals surface area contributed by atoms with Gasteiger partial charge < -0.3 is 10.1 Å². The maximum Gasteiger partial charge on any atom is 0.387 e. The first-order valence-electron chi connectivity index (χ1n) is 7.45. The van der Waals surface area contributed by atoms with Crippen molar-refractivity contribution in [3.63, 3.8) is 0 Å². The average Bonchev–Trinajstić information content (AvgIpc) is 2.86. The van der Waals surface area contributed by atoms with Crippen LogP contribution in [0.2, 0.25) is 0 Å². The third-order valence-electron chi connectivity index (χ3n) is 3.51. The minimum atomic E-state index is -3.20. The normalized spacial score (nSPS) is 11.1. The monoisotopic (exact) mass is 390 g/mol. The number of hydrogen-bond acceptors (Lipinski definition) is 5. The first kappa shape index (κ1) is 20.1. The standard InChI is InChI=1S/C15H14F4N4O4/c1-7-3-4-9(10(5-7)27-15(18)19)20-11(24)6-22-8(2)13(23(25)26)12(21-22)14(16)17/h3-5,14-15H,6H2,1-2H3,(H,20,24). The van der Waals surface area contributed by atoms with Crippen molar-refractivity contribution in [1.29, 1.82) is 0 Å². The highest BCUT2D eigenvalue weighted by Crippen LogP contribution is 2.31. The molecule has 0 radical (unpaired) electrons. The number of carbonyl (C=O) groups is 1. The van der Waals surface area contributed by atoms with Gasteiger partial charge in [-0.05, 0) is 31.5 Å². The molecule has 0 aliphatic heterocycles. The van der Waals surface area contributed by atoms with E-state index in [4.69, 9.17) is 0 Å². The van der Waals surface area contributed by atoms with Crippen LogP contribution in [0.3, 0.4) is 0 Å². The molecule has 146 valence electrons. The van der Waals surface area contributed by atoms with Crippen LogP contribution >= 0.6 is 0 Å². The van der Waals surface area contributed by atoms with Gasteiger partial charge in [0, 0.05) is 0 Å². The van der Waals surface area contributed by atoms with E-state index in [1.165, 1.54) is 25.1 Å². The second kappa shape index (κ2) is 8.01. The molecule has 0 unspecified atom stereocenters. The molecule has 0 fully saturated rings. The van der Waals surface area contributed by atoms with Gasteiger partial charge in [-0.1, -0.05) is 6.07 Å². The molecule has 2 rings (SSSR count). The predicted molar refractivity (Wildman–Crippen MR) is 85.0 cm³/mol. The lowest BCUT2D eigenvalue weighted by Crippen LogP contribution is -2.21. The lowest BCUT2D eigenvalue weighted by Gasteiger charge is -2.13. The Kier molecular flexibility index (Phi) is 5.98. The minimum Gasteiger partial charge on any atom is -0.433 e. The summed E-state index contributed by atoms with van der Waals surface area (Å²) in [5, 5.41) is 16.6. The van der Waals surface area contributed by atoms with E-state index in [1.807, 2.05) is 0 Å². The van der Waals surface area contributed by atoms with Gasteiger partial charge in [0.05, 0.1) is 10.6 Å². The average molecular weight is 390 g/mol. The molecule has 0 aliphatic carbocycles. The second-order valence-corrected chi connectivity index (χ2v) is 5.46. The Balaban J connectivity index is 2.24. The molecule has 1 aromatic heterocycles. The molecule has 1 aromatic carbocycles. The van der Waals surface area contributed by atoms with Gasteiger partial charge in [0.1, 0.15) is 18.0 Å². The van der Waals surface area contributed by atoms with E-state index in [0.29, 0.717) is 5.56 Å². The molecule has 0 atom stereocenters. The Hall–Kier alpha value is -3.18. The molecular weight excluding hydrogens is 376 g/mol. The molecule has 8 nitrogen and oxygen atoms in total. The first-order chi connectivity index (χ1) is 12.6. The number of hydrogen-bond donors (Lipinski definition) is 1. The molecule has 0 aliphatic rings. The molecule has 0 saturated heterocycles. The van der Waals surface area contributed by atoms with Crippen LogP contribution < -0.4 is 10.1 Å². The fraction of sp³-hybridized carbons (Fsp3) is 0.333. The number of aromatic nitrogens is 2. The lowest BCUT2D eigenvalue weighted by atomic mass is 10.2. The molecule has 0 spiro atoms. The number of nitro groups is 1. The minimum absolute atomic E-state index is 0.0701. The van der Waals surface area contributed by atoms with Gasteiger partial charge in [-0.15, -0.1) is 0 Å². The van der Waals surface area contributed by atoms with Crippen LogP contribution in [0.1, 0.15) is 23.4 Å². The molecule has 12 heteroatoms. The third-order valence-corrected chi connectivity index (χ3v) is 3.51. The Morgan fingerprint density at radius 1 is 1.33 bits per heavy atom. The number of alkyl halides is 4. The number of carbonyl (C=O) groups excluding carboxylic acids is 1. The zero-order valence-electron chi connectivity index (χ0n) is 14.1. The molecule has 27 heavy (non-hydrogen) atoms. The van der Waals surface area contributed by atoms with Crippen molar-refractivity contribution in [2.75, 3.05) is 5.32 Å². The van der Waals surface area contributed by atoms with Gasteiger partial charge in [0.2, 0.25) is 11.6 Å². The van der Waals surface area contributed by atoms with E-state index in [0.717, 1.165) is 4.68 Å². The van der Waals surface area contributed by atoms with E-state index in [9.17, 15) is 32.5 Å². The summed E-state index contributed by atoms with van der Waals surface area (Å²) in [4.78, 5) is 22.1. The largest absolute Gasteiger partial charge is 0.433 e. The van der Waals surface area contributed by atoms with Crippen molar-refractivity contribution in [1.82, 2.24) is 9.78 Å². The smallest absolute Gasteiger partial charge is 0.387 e. The van der Waals surface area contributed by atoms with Crippen LogP contribution in [0, 0.1) is 24.0 Å². The summed E-state index contributed by atoms with van der Waals surface area (Å²) in [6.45, 7) is -0.961. The van der Waals surface area contributed by atoms with E-state index in [-0.39, 0.29) is 17.1 Å². The molecule has 0 saturated carbocycles. The quantitative estimate of drug-likeness (QED) is 0.443. The highest BCUT2D eigenvalue weighted by Gasteiger charge is 2.31. The van der Waals surface area contributed by atoms with Crippen LogP contribution in [-0.4, -0.2) is 27.2 Å². The number of halogens is 4. The molecule has 2 aromatic rings. The number of anilines is 1. The number of amides is 1. The van der Waals surface area contributed by atoms with Gasteiger partial charge in [0.25, 0.3) is 6.43 Å². The first-order valence-corrected chi connectivity index (χ1v) is 7.45. The van der Waals surface area contributed by atoms with E-state index in [2.05, 4.69) is 15.2 Å². The van der Waals surface area contributed by atoms with Crippen LogP contribution in [0.5, 0.6) is 5.75 Å². The topological polar surface area (TPSA) is 99.3 Å². The summed E-state index contributed by atoms with van der Waals surface area (Å²) in [5.41, 5.74) is -1.64. The van der Waals surface area contributed by atoms with Gasteiger partial charge in [0.15, 0.2) is 0 Å². The Labute approximate surface area is 149 Å². The van der Waals surface area contributed by atoms with E-state index >= 15 is 0 Å². The van der Waals surface area contributed by atoms with Gasteiger partial charge >= 0.3 is 12.3 Å². The van der Waals surface area contributed by atoms with E-state index in [1.54, 1.807) is 6.92 Å². The highest BCUT2D eigenvalue weighted by atomic mass is 19.3. The fourth-order valence-electron chi connectivity index (χ4n) is 2.34. The number of ether oxygens (including phenoxy) is 1. The van der Waals surface area contributed by atoms with Crippen molar-refractivity contribution in [3.8, 4) is 5.75 Å². The lowest BCUT2D eigenvalue weighted by molar-refractivity contribution is -0.386. The number of nitrogens with one attached hydrogen (secondary N) is 1. The molecule has 1 heterocycles. The van der Waals surface area contributed by atoms with Crippen molar-refractivity contribution in [2.45, 2.75) is 33.4 Å². The maximum atomic E-state index is 12.9. The molecule has 1 amide bonds. The summed E-state index contributed by atoms with van der Waals surface area (Å²) in [5.74, 6) is -1.10. The number of nitrogens with zero attached hydrogens (tertiary/aromatic N) is 3. The van der Waals surface area contributed by atoms with Crippen LogP contribution in [0.15, 0.2) is 18.2 Å². The van der Waals surface area contributed by atoms with Gasteiger partial charge in [-0.2, -0.15) is 13.9 Å². The third kappa shape index (κ3) is 4.71. The predicted octanol–water partition coefficient (Wildman–Crippen LogP) is 3.59. The van der Waals surface area contributed by atoms with Crippen LogP contribution in [-0.2, 0) is 11.3 Å². The van der Waals surface area contributed by atoms with Crippen molar-refractivity contribution in [3.05, 3.63) is 45.3 Å². The second-order valence-electron chi connectivity index (χ2n) is 5.46.